The number of ketones is 1. The molecule has 2 nitrogen and oxygen atoms in total. The van der Waals surface area contributed by atoms with Gasteiger partial charge in [0.2, 0.25) is 0 Å². The molecule has 6 rings (SSSR count). The molecule has 0 N–H and O–H groups in total. The highest BCUT2D eigenvalue weighted by molar-refractivity contribution is 6.27. The van der Waals surface area contributed by atoms with E-state index in [2.05, 4.69) is 71.6 Å². The van der Waals surface area contributed by atoms with E-state index in [1.54, 1.807) is 0 Å². The predicted molar refractivity (Wildman–Crippen MR) is 127 cm³/mol. The van der Waals surface area contributed by atoms with Crippen LogP contribution in [0.3, 0.4) is 0 Å². The number of carbonyl (C=O) groups is 1. The van der Waals surface area contributed by atoms with Crippen LogP contribution in [0.15, 0.2) is 115 Å². The molecule has 0 unspecified atom stereocenters. The Morgan fingerprint density at radius 1 is 0.452 bits per heavy atom. The molecule has 0 radical (unpaired) electrons. The van der Waals surface area contributed by atoms with Crippen LogP contribution in [0.1, 0.15) is 15.9 Å². The van der Waals surface area contributed by atoms with E-state index in [4.69, 9.17) is 0 Å². The van der Waals surface area contributed by atoms with Crippen LogP contribution in [0.4, 0.5) is 17.1 Å². The minimum Gasteiger partial charge on any atom is -0.310 e. The molecule has 0 saturated heterocycles. The summed E-state index contributed by atoms with van der Waals surface area (Å²) in [6.07, 6.45) is 0. The maximum absolute atomic E-state index is 13.3. The molecule has 1 aliphatic carbocycles. The van der Waals surface area contributed by atoms with E-state index in [1.165, 1.54) is 0 Å². The van der Waals surface area contributed by atoms with Gasteiger partial charge in [-0.15, -0.1) is 0 Å². The van der Waals surface area contributed by atoms with Gasteiger partial charge < -0.3 is 4.90 Å². The van der Waals surface area contributed by atoms with Gasteiger partial charge in [-0.05, 0) is 41.5 Å². The molecule has 0 atom stereocenters. The summed E-state index contributed by atoms with van der Waals surface area (Å²) in [7, 11) is 0. The van der Waals surface area contributed by atoms with Gasteiger partial charge in [0.1, 0.15) is 0 Å². The van der Waals surface area contributed by atoms with Crippen molar-refractivity contribution in [2.24, 2.45) is 0 Å². The van der Waals surface area contributed by atoms with E-state index in [1.807, 2.05) is 48.5 Å². The standard InChI is InChI=1S/C29H19NO/c31-29-24-15-8-7-14-22(24)23-18-19-27(25-16-9-17-26(29)28(23)25)30(20-10-3-1-4-11-20)21-12-5-2-6-13-21/h1-19H. The van der Waals surface area contributed by atoms with Crippen LogP contribution in [0.2, 0.25) is 0 Å². The zero-order valence-corrected chi connectivity index (χ0v) is 16.8. The number of hydrogen-bond donors (Lipinski definition) is 0. The first-order valence-corrected chi connectivity index (χ1v) is 10.4. The fourth-order valence-corrected chi connectivity index (χ4v) is 4.64. The Balaban J connectivity index is 1.68. The highest BCUT2D eigenvalue weighted by atomic mass is 16.1. The number of anilines is 3. The lowest BCUT2D eigenvalue weighted by Gasteiger charge is -2.29. The van der Waals surface area contributed by atoms with E-state index in [-0.39, 0.29) is 5.78 Å². The second kappa shape index (κ2) is 6.96. The van der Waals surface area contributed by atoms with Crippen LogP contribution in [0.25, 0.3) is 21.9 Å². The van der Waals surface area contributed by atoms with Crippen LogP contribution in [-0.4, -0.2) is 5.78 Å². The van der Waals surface area contributed by atoms with Crippen molar-refractivity contribution in [1.29, 1.82) is 0 Å². The van der Waals surface area contributed by atoms with Gasteiger partial charge in [-0.1, -0.05) is 84.9 Å². The van der Waals surface area contributed by atoms with Gasteiger partial charge in [0, 0.05) is 33.3 Å². The molecule has 0 fully saturated rings. The van der Waals surface area contributed by atoms with Crippen molar-refractivity contribution in [3.8, 4) is 11.1 Å². The smallest absolute Gasteiger partial charge is 0.194 e. The van der Waals surface area contributed by atoms with Crippen molar-refractivity contribution in [3.63, 3.8) is 0 Å². The summed E-state index contributed by atoms with van der Waals surface area (Å²) in [6, 6.07) is 39.0. The quantitative estimate of drug-likeness (QED) is 0.308. The summed E-state index contributed by atoms with van der Waals surface area (Å²) in [6.45, 7) is 0. The average molecular weight is 397 g/mol. The van der Waals surface area contributed by atoms with Crippen molar-refractivity contribution in [3.05, 3.63) is 126 Å². The van der Waals surface area contributed by atoms with Crippen molar-refractivity contribution in [1.82, 2.24) is 0 Å². The zero-order valence-electron chi connectivity index (χ0n) is 16.8. The third-order valence-corrected chi connectivity index (χ3v) is 5.99. The second-order valence-corrected chi connectivity index (χ2v) is 7.74. The Morgan fingerprint density at radius 3 is 1.71 bits per heavy atom. The molecule has 146 valence electrons. The minimum absolute atomic E-state index is 0.0943. The van der Waals surface area contributed by atoms with Crippen LogP contribution in [0, 0.1) is 0 Å². The van der Waals surface area contributed by atoms with Gasteiger partial charge in [0.15, 0.2) is 5.78 Å². The number of rotatable bonds is 3. The van der Waals surface area contributed by atoms with E-state index < -0.39 is 0 Å². The first kappa shape index (κ1) is 17.7. The van der Waals surface area contributed by atoms with Gasteiger partial charge in [0.25, 0.3) is 0 Å². The van der Waals surface area contributed by atoms with Crippen molar-refractivity contribution >= 4 is 33.6 Å². The van der Waals surface area contributed by atoms with Gasteiger partial charge in [-0.3, -0.25) is 4.79 Å². The van der Waals surface area contributed by atoms with Gasteiger partial charge in [-0.2, -0.15) is 0 Å². The SMILES string of the molecule is O=C1c2ccccc2-c2ccc(N(c3ccccc3)c3ccccc3)c3cccc1c23. The van der Waals surface area contributed by atoms with E-state index in [9.17, 15) is 4.79 Å². The molecular weight excluding hydrogens is 378 g/mol. The Bertz CT molecular complexity index is 1400. The third-order valence-electron chi connectivity index (χ3n) is 5.99. The Labute approximate surface area is 181 Å². The van der Waals surface area contributed by atoms with E-state index in [0.29, 0.717) is 0 Å². The number of fused-ring (bicyclic) bond motifs is 2. The van der Waals surface area contributed by atoms with E-state index in [0.717, 1.165) is 50.1 Å². The van der Waals surface area contributed by atoms with Crippen molar-refractivity contribution in [2.45, 2.75) is 0 Å². The predicted octanol–water partition coefficient (Wildman–Crippen LogP) is 7.52. The summed E-state index contributed by atoms with van der Waals surface area (Å²) in [5.74, 6) is 0.0943. The number of benzene rings is 5. The molecule has 0 bridgehead atoms. The van der Waals surface area contributed by atoms with Crippen LogP contribution < -0.4 is 4.90 Å². The monoisotopic (exact) mass is 397 g/mol. The van der Waals surface area contributed by atoms with Crippen molar-refractivity contribution < 1.29 is 4.79 Å². The van der Waals surface area contributed by atoms with Gasteiger partial charge in [-0.25, -0.2) is 0 Å². The third kappa shape index (κ3) is 2.69. The first-order valence-electron chi connectivity index (χ1n) is 10.4. The number of hydrogen-bond acceptors (Lipinski definition) is 2. The first-order chi connectivity index (χ1) is 15.3. The maximum Gasteiger partial charge on any atom is 0.194 e. The molecule has 0 heterocycles. The van der Waals surface area contributed by atoms with E-state index >= 15 is 0 Å². The fraction of sp³-hybridized carbons (Fsp3) is 0. The molecule has 0 aromatic heterocycles. The molecule has 2 heteroatoms. The molecule has 0 spiro atoms. The summed E-state index contributed by atoms with van der Waals surface area (Å²) < 4.78 is 0. The second-order valence-electron chi connectivity index (χ2n) is 7.74. The van der Waals surface area contributed by atoms with Crippen LogP contribution >= 0.6 is 0 Å². The lowest BCUT2D eigenvalue weighted by molar-refractivity contribution is 0.104. The van der Waals surface area contributed by atoms with Crippen molar-refractivity contribution in [2.75, 3.05) is 4.90 Å². The minimum atomic E-state index is 0.0943. The van der Waals surface area contributed by atoms with Gasteiger partial charge in [0.05, 0.1) is 5.69 Å². The topological polar surface area (TPSA) is 20.3 Å². The Hall–Kier alpha value is -4.17. The van der Waals surface area contributed by atoms with Gasteiger partial charge >= 0.3 is 0 Å². The normalized spacial score (nSPS) is 11.9. The maximum atomic E-state index is 13.3. The number of para-hydroxylation sites is 2. The Morgan fingerprint density at radius 2 is 1.03 bits per heavy atom. The highest BCUT2D eigenvalue weighted by Crippen LogP contribution is 2.45. The lowest BCUT2D eigenvalue weighted by Crippen LogP contribution is -2.13. The van der Waals surface area contributed by atoms with Crippen LogP contribution in [0.5, 0.6) is 0 Å². The molecule has 5 aromatic rings. The average Bonchev–Trinajstić information content (AvgIpc) is 2.84. The lowest BCUT2D eigenvalue weighted by atomic mass is 9.82. The summed E-state index contributed by atoms with van der Waals surface area (Å²) >= 11 is 0. The summed E-state index contributed by atoms with van der Waals surface area (Å²) in [5, 5.41) is 2.10. The molecule has 5 aromatic carbocycles. The molecule has 0 amide bonds. The molecule has 0 aliphatic heterocycles. The number of carbonyl (C=O) groups excluding carboxylic acids is 1. The Kier molecular flexibility index (Phi) is 3.97. The van der Waals surface area contributed by atoms with Crippen LogP contribution in [-0.2, 0) is 0 Å². The zero-order chi connectivity index (χ0) is 20.8. The highest BCUT2D eigenvalue weighted by Gasteiger charge is 2.26. The molecule has 1 aliphatic rings. The largest absolute Gasteiger partial charge is 0.310 e. The molecule has 31 heavy (non-hydrogen) atoms. The summed E-state index contributed by atoms with van der Waals surface area (Å²) in [4.78, 5) is 15.6. The number of nitrogens with zero attached hydrogens (tertiary/aromatic N) is 1. The molecular formula is C29H19NO. The molecule has 0 saturated carbocycles. The summed E-state index contributed by atoms with van der Waals surface area (Å²) in [5.41, 5.74) is 6.89. The fourth-order valence-electron chi connectivity index (χ4n) is 4.64.